The van der Waals surface area contributed by atoms with Crippen LogP contribution in [0.15, 0.2) is 0 Å². The van der Waals surface area contributed by atoms with Gasteiger partial charge in [0.1, 0.15) is 0 Å². The van der Waals surface area contributed by atoms with Gasteiger partial charge in [-0.25, -0.2) is 0 Å². The van der Waals surface area contributed by atoms with Crippen LogP contribution in [0.5, 0.6) is 0 Å². The van der Waals surface area contributed by atoms with Crippen molar-refractivity contribution in [1.82, 2.24) is 0 Å². The van der Waals surface area contributed by atoms with E-state index >= 15 is 0 Å². The summed E-state index contributed by atoms with van der Waals surface area (Å²) in [7, 11) is 0. The number of hydrogen-bond donors (Lipinski definition) is 0. The average Bonchev–Trinajstić information content (AvgIpc) is 2.58. The molecule has 0 spiro atoms. The molecule has 0 aromatic heterocycles. The van der Waals surface area contributed by atoms with Crippen LogP contribution in [0.25, 0.3) is 0 Å². The van der Waals surface area contributed by atoms with Gasteiger partial charge in [0.15, 0.2) is 0 Å². The molecule has 0 aliphatic heterocycles. The Morgan fingerprint density at radius 1 is 0.565 bits per heavy atom. The summed E-state index contributed by atoms with van der Waals surface area (Å²) in [5.74, 6) is 2.02. The Kier molecular flexibility index (Phi) is 9.65. The molecule has 2 fully saturated rings. The average molecular weight is 323 g/mol. The zero-order valence-corrected chi connectivity index (χ0v) is 16.0. The lowest BCUT2D eigenvalue weighted by atomic mass is 9.82. The molecule has 2 rings (SSSR count). The molecule has 23 heavy (non-hydrogen) atoms. The zero-order valence-electron chi connectivity index (χ0n) is 16.0. The smallest absolute Gasteiger partial charge is 0.0579 e. The second-order valence-electron chi connectivity index (χ2n) is 8.41. The van der Waals surface area contributed by atoms with E-state index in [1.54, 1.807) is 0 Å². The van der Waals surface area contributed by atoms with Crippen molar-refractivity contribution in [2.24, 2.45) is 11.8 Å². The van der Waals surface area contributed by atoms with E-state index in [1.807, 2.05) is 0 Å². The number of hydrogen-bond acceptors (Lipinski definition) is 1. The van der Waals surface area contributed by atoms with E-state index in [2.05, 4.69) is 13.8 Å². The van der Waals surface area contributed by atoms with Crippen molar-refractivity contribution in [2.75, 3.05) is 0 Å². The molecular formula is C22H42O. The minimum absolute atomic E-state index is 0.596. The molecule has 1 heteroatoms. The molecule has 0 unspecified atom stereocenters. The van der Waals surface area contributed by atoms with Crippen molar-refractivity contribution in [2.45, 2.75) is 129 Å². The van der Waals surface area contributed by atoms with Gasteiger partial charge in [-0.05, 0) is 63.2 Å². The Labute approximate surface area is 146 Å². The monoisotopic (exact) mass is 322 g/mol. The Hall–Kier alpha value is -0.0400. The first-order chi connectivity index (χ1) is 11.3. The first kappa shape index (κ1) is 19.3. The Morgan fingerprint density at radius 3 is 1.30 bits per heavy atom. The second-order valence-corrected chi connectivity index (χ2v) is 8.41. The molecule has 0 aromatic rings. The summed E-state index contributed by atoms with van der Waals surface area (Å²) in [6.07, 6.45) is 23.7. The summed E-state index contributed by atoms with van der Waals surface area (Å²) in [6, 6.07) is 0. The maximum atomic E-state index is 6.48. The van der Waals surface area contributed by atoms with Crippen LogP contribution in [-0.2, 0) is 4.74 Å². The molecule has 2 aliphatic carbocycles. The van der Waals surface area contributed by atoms with Crippen molar-refractivity contribution in [1.29, 1.82) is 0 Å². The van der Waals surface area contributed by atoms with E-state index in [0.717, 1.165) is 11.8 Å². The van der Waals surface area contributed by atoms with Crippen molar-refractivity contribution in [3.63, 3.8) is 0 Å². The third kappa shape index (κ3) is 7.59. The normalized spacial score (nSPS) is 32.1. The number of rotatable bonds is 10. The molecular weight excluding hydrogens is 280 g/mol. The molecule has 2 saturated carbocycles. The van der Waals surface area contributed by atoms with Crippen LogP contribution in [0.3, 0.4) is 0 Å². The molecule has 0 N–H and O–H groups in total. The third-order valence-corrected chi connectivity index (χ3v) is 6.40. The second kappa shape index (κ2) is 11.5. The lowest BCUT2D eigenvalue weighted by molar-refractivity contribution is -0.0572. The lowest BCUT2D eigenvalue weighted by Gasteiger charge is -2.34. The van der Waals surface area contributed by atoms with Gasteiger partial charge in [0, 0.05) is 0 Å². The van der Waals surface area contributed by atoms with E-state index in [4.69, 9.17) is 4.74 Å². The van der Waals surface area contributed by atoms with Crippen molar-refractivity contribution in [3.05, 3.63) is 0 Å². The molecule has 0 bridgehead atoms. The molecule has 0 saturated heterocycles. The quantitative estimate of drug-likeness (QED) is 0.384. The van der Waals surface area contributed by atoms with Gasteiger partial charge in [0.2, 0.25) is 0 Å². The van der Waals surface area contributed by atoms with Crippen LogP contribution < -0.4 is 0 Å². The van der Waals surface area contributed by atoms with Gasteiger partial charge < -0.3 is 4.74 Å². The molecule has 0 radical (unpaired) electrons. The van der Waals surface area contributed by atoms with Crippen molar-refractivity contribution < 1.29 is 4.74 Å². The maximum absolute atomic E-state index is 6.48. The van der Waals surface area contributed by atoms with Crippen LogP contribution in [0.2, 0.25) is 0 Å². The Balaban J connectivity index is 1.53. The highest BCUT2D eigenvalue weighted by Gasteiger charge is 2.27. The van der Waals surface area contributed by atoms with Crippen molar-refractivity contribution in [3.8, 4) is 0 Å². The van der Waals surface area contributed by atoms with E-state index in [9.17, 15) is 0 Å². The minimum Gasteiger partial charge on any atom is -0.375 e. The summed E-state index contributed by atoms with van der Waals surface area (Å²) in [4.78, 5) is 0. The first-order valence-electron chi connectivity index (χ1n) is 11.0. The molecule has 2 aliphatic rings. The van der Waals surface area contributed by atoms with Gasteiger partial charge in [0.05, 0.1) is 12.2 Å². The molecule has 136 valence electrons. The maximum Gasteiger partial charge on any atom is 0.0579 e. The third-order valence-electron chi connectivity index (χ3n) is 6.40. The number of ether oxygens (including phenoxy) is 1. The van der Waals surface area contributed by atoms with E-state index in [-0.39, 0.29) is 0 Å². The van der Waals surface area contributed by atoms with Crippen LogP contribution >= 0.6 is 0 Å². The predicted molar refractivity (Wildman–Crippen MR) is 101 cm³/mol. The molecule has 0 heterocycles. The standard InChI is InChI=1S/C22H42O/c1-3-5-7-9-19-11-15-21(16-12-19)23-22-17-13-20(14-18-22)10-8-6-4-2/h19-22H,3-18H2,1-2H3. The fourth-order valence-electron chi connectivity index (χ4n) is 4.75. The highest BCUT2D eigenvalue weighted by atomic mass is 16.5. The summed E-state index contributed by atoms with van der Waals surface area (Å²) in [5, 5.41) is 0. The SMILES string of the molecule is CCCCCC1CCC(OC2CCC(CCCCC)CC2)CC1. The highest BCUT2D eigenvalue weighted by molar-refractivity contribution is 4.77. The van der Waals surface area contributed by atoms with Crippen molar-refractivity contribution >= 4 is 0 Å². The summed E-state index contributed by atoms with van der Waals surface area (Å²) >= 11 is 0. The highest BCUT2D eigenvalue weighted by Crippen LogP contribution is 2.34. The Bertz CT molecular complexity index is 244. The van der Waals surface area contributed by atoms with Crippen LogP contribution in [0.1, 0.15) is 117 Å². The van der Waals surface area contributed by atoms with E-state index in [0.29, 0.717) is 12.2 Å². The van der Waals surface area contributed by atoms with Crippen LogP contribution in [-0.4, -0.2) is 12.2 Å². The van der Waals surface area contributed by atoms with Crippen LogP contribution in [0, 0.1) is 11.8 Å². The predicted octanol–water partition coefficient (Wildman–Crippen LogP) is 7.28. The summed E-state index contributed by atoms with van der Waals surface area (Å²) < 4.78 is 6.48. The first-order valence-corrected chi connectivity index (χ1v) is 11.0. The molecule has 1 nitrogen and oxygen atoms in total. The summed E-state index contributed by atoms with van der Waals surface area (Å²) in [6.45, 7) is 4.62. The topological polar surface area (TPSA) is 9.23 Å². The van der Waals surface area contributed by atoms with Gasteiger partial charge in [-0.15, -0.1) is 0 Å². The molecule has 0 amide bonds. The summed E-state index contributed by atoms with van der Waals surface area (Å²) in [5.41, 5.74) is 0. The lowest BCUT2D eigenvalue weighted by Crippen LogP contribution is -2.29. The fourth-order valence-corrected chi connectivity index (χ4v) is 4.75. The molecule has 0 atom stereocenters. The molecule has 0 aromatic carbocycles. The van der Waals surface area contributed by atoms with E-state index < -0.39 is 0 Å². The van der Waals surface area contributed by atoms with Gasteiger partial charge in [-0.3, -0.25) is 0 Å². The minimum atomic E-state index is 0.596. The number of unbranched alkanes of at least 4 members (excludes halogenated alkanes) is 4. The largest absolute Gasteiger partial charge is 0.375 e. The fraction of sp³-hybridized carbons (Fsp3) is 1.00. The van der Waals surface area contributed by atoms with Gasteiger partial charge in [-0.1, -0.05) is 65.2 Å². The Morgan fingerprint density at radius 2 is 0.957 bits per heavy atom. The van der Waals surface area contributed by atoms with Gasteiger partial charge in [-0.2, -0.15) is 0 Å². The van der Waals surface area contributed by atoms with Crippen LogP contribution in [0.4, 0.5) is 0 Å². The van der Waals surface area contributed by atoms with Gasteiger partial charge in [0.25, 0.3) is 0 Å². The zero-order chi connectivity index (χ0) is 16.3. The van der Waals surface area contributed by atoms with E-state index in [1.165, 1.54) is 103 Å². The van der Waals surface area contributed by atoms with Gasteiger partial charge >= 0.3 is 0 Å².